The topological polar surface area (TPSA) is 152 Å². The summed E-state index contributed by atoms with van der Waals surface area (Å²) < 4.78 is 10.4. The Morgan fingerprint density at radius 2 is 1.76 bits per heavy atom. The van der Waals surface area contributed by atoms with E-state index in [1.807, 2.05) is 6.07 Å². The predicted molar refractivity (Wildman–Crippen MR) is 132 cm³/mol. The lowest BCUT2D eigenvalue weighted by Crippen LogP contribution is -2.44. The minimum Gasteiger partial charge on any atom is -0.467 e. The molecular formula is C26H30N6O5. The molecule has 0 spiro atoms. The largest absolute Gasteiger partial charge is 0.467 e. The Hall–Kier alpha value is -4.02. The molecule has 11 nitrogen and oxygen atoms in total. The van der Waals surface area contributed by atoms with Crippen LogP contribution in [0.1, 0.15) is 60.7 Å². The first-order valence-electron chi connectivity index (χ1n) is 12.5. The summed E-state index contributed by atoms with van der Waals surface area (Å²) in [6.07, 6.45) is 5.98. The van der Waals surface area contributed by atoms with E-state index in [1.165, 1.54) is 39.0 Å². The van der Waals surface area contributed by atoms with Gasteiger partial charge in [-0.25, -0.2) is 14.8 Å². The van der Waals surface area contributed by atoms with Gasteiger partial charge in [0.25, 0.3) is 11.8 Å². The number of rotatable bonds is 10. The van der Waals surface area contributed by atoms with Gasteiger partial charge in [0.15, 0.2) is 5.82 Å². The fourth-order valence-corrected chi connectivity index (χ4v) is 4.38. The molecule has 194 valence electrons. The number of hydrogen-bond acceptors (Lipinski definition) is 8. The van der Waals surface area contributed by atoms with Crippen molar-refractivity contribution in [2.24, 2.45) is 17.8 Å². The molecule has 3 aromatic rings. The van der Waals surface area contributed by atoms with E-state index in [0.29, 0.717) is 28.8 Å². The van der Waals surface area contributed by atoms with Gasteiger partial charge < -0.3 is 19.8 Å². The number of H-pyrrole nitrogens is 1. The Labute approximate surface area is 213 Å². The maximum atomic E-state index is 12.8. The van der Waals surface area contributed by atoms with Crippen LogP contribution in [0.2, 0.25) is 0 Å². The van der Waals surface area contributed by atoms with E-state index in [1.54, 1.807) is 32.0 Å². The second-order valence-corrected chi connectivity index (χ2v) is 10.0. The average Bonchev–Trinajstić information content (AvgIpc) is 3.82. The summed E-state index contributed by atoms with van der Waals surface area (Å²) in [5.74, 6) is 0.371. The zero-order chi connectivity index (χ0) is 26.1. The van der Waals surface area contributed by atoms with E-state index in [9.17, 15) is 14.4 Å². The first-order chi connectivity index (χ1) is 17.8. The molecule has 0 bridgehead atoms. The monoisotopic (exact) mass is 506 g/mol. The lowest BCUT2D eigenvalue weighted by molar-refractivity contribution is -0.144. The quantitative estimate of drug-likeness (QED) is 0.355. The molecule has 11 heteroatoms. The summed E-state index contributed by atoms with van der Waals surface area (Å²) in [5.41, 5.74) is 1.26. The number of aromatic amines is 1. The number of hydrogen-bond donors (Lipinski definition) is 3. The molecule has 0 unspecified atom stereocenters. The predicted octanol–water partition coefficient (Wildman–Crippen LogP) is 2.97. The first-order valence-corrected chi connectivity index (χ1v) is 12.5. The van der Waals surface area contributed by atoms with E-state index in [0.717, 1.165) is 0 Å². The molecule has 2 fully saturated rings. The van der Waals surface area contributed by atoms with Crippen molar-refractivity contribution in [2.45, 2.75) is 51.6 Å². The third-order valence-corrected chi connectivity index (χ3v) is 6.76. The zero-order valence-electron chi connectivity index (χ0n) is 21.0. The molecule has 0 saturated heterocycles. The fraction of sp³-hybridized carbons (Fsp3) is 0.462. The van der Waals surface area contributed by atoms with Gasteiger partial charge in [0.05, 0.1) is 13.3 Å². The van der Waals surface area contributed by atoms with Crippen molar-refractivity contribution < 1.29 is 23.5 Å². The highest BCUT2D eigenvalue weighted by molar-refractivity contribution is 5.94. The summed E-state index contributed by atoms with van der Waals surface area (Å²) in [7, 11) is 1.27. The van der Waals surface area contributed by atoms with Crippen LogP contribution >= 0.6 is 0 Å². The van der Waals surface area contributed by atoms with E-state index in [4.69, 9.17) is 9.15 Å². The highest BCUT2D eigenvalue weighted by Crippen LogP contribution is 2.44. The maximum absolute atomic E-state index is 12.8. The number of aromatic nitrogens is 4. The van der Waals surface area contributed by atoms with Crippen molar-refractivity contribution in [3.05, 3.63) is 42.0 Å². The normalized spacial score (nSPS) is 16.0. The molecular weight excluding hydrogens is 476 g/mol. The molecule has 3 N–H and O–H groups in total. The molecule has 2 heterocycles. The number of nitrogens with one attached hydrogen (secondary N) is 3. The third-order valence-electron chi connectivity index (χ3n) is 6.76. The number of carbonyl (C=O) groups is 3. The van der Waals surface area contributed by atoms with E-state index in [2.05, 4.69) is 30.8 Å². The van der Waals surface area contributed by atoms with Crippen molar-refractivity contribution in [3.8, 4) is 22.8 Å². The summed E-state index contributed by atoms with van der Waals surface area (Å²) in [4.78, 5) is 46.0. The van der Waals surface area contributed by atoms with E-state index < -0.39 is 17.9 Å². The Balaban J connectivity index is 1.28. The van der Waals surface area contributed by atoms with Crippen LogP contribution in [0.15, 0.2) is 34.9 Å². The number of ether oxygens (including phenoxy) is 1. The zero-order valence-corrected chi connectivity index (χ0v) is 21.0. The van der Waals surface area contributed by atoms with E-state index in [-0.39, 0.29) is 35.3 Å². The van der Waals surface area contributed by atoms with Crippen molar-refractivity contribution in [1.82, 2.24) is 30.8 Å². The van der Waals surface area contributed by atoms with Crippen LogP contribution in [0.4, 0.5) is 0 Å². The summed E-state index contributed by atoms with van der Waals surface area (Å²) in [6.45, 7) is 3.60. The molecule has 5 rings (SSSR count). The Bertz CT molecular complexity index is 1290. The Morgan fingerprint density at radius 3 is 2.41 bits per heavy atom. The van der Waals surface area contributed by atoms with Crippen LogP contribution in [0.25, 0.3) is 22.8 Å². The van der Waals surface area contributed by atoms with Crippen LogP contribution in [0.3, 0.4) is 0 Å². The van der Waals surface area contributed by atoms with Gasteiger partial charge in [-0.05, 0) is 55.6 Å². The van der Waals surface area contributed by atoms with Gasteiger partial charge in [0.1, 0.15) is 6.04 Å². The van der Waals surface area contributed by atoms with Gasteiger partial charge in [0, 0.05) is 17.2 Å². The van der Waals surface area contributed by atoms with Gasteiger partial charge in [-0.1, -0.05) is 26.0 Å². The van der Waals surface area contributed by atoms with Crippen LogP contribution in [-0.2, 0) is 9.53 Å². The smallest absolute Gasteiger partial charge is 0.328 e. The van der Waals surface area contributed by atoms with Crippen molar-refractivity contribution >= 4 is 17.8 Å². The molecule has 0 radical (unpaired) electrons. The Morgan fingerprint density at radius 1 is 1.05 bits per heavy atom. The molecule has 2 amide bonds. The van der Waals surface area contributed by atoms with Crippen LogP contribution in [0, 0.1) is 17.8 Å². The second kappa shape index (κ2) is 10.2. The highest BCUT2D eigenvalue weighted by atomic mass is 16.5. The number of methoxy groups -OCH3 is 1. The van der Waals surface area contributed by atoms with Crippen molar-refractivity contribution in [2.75, 3.05) is 7.11 Å². The molecule has 1 aromatic carbocycles. The molecule has 2 aliphatic rings. The summed E-state index contributed by atoms with van der Waals surface area (Å²) >= 11 is 0. The number of esters is 1. The van der Waals surface area contributed by atoms with Crippen LogP contribution < -0.4 is 10.6 Å². The van der Waals surface area contributed by atoms with Crippen molar-refractivity contribution in [3.63, 3.8) is 0 Å². The van der Waals surface area contributed by atoms with E-state index >= 15 is 0 Å². The molecule has 1 atom stereocenters. The molecule has 37 heavy (non-hydrogen) atoms. The lowest BCUT2D eigenvalue weighted by atomic mass is 10.0. The van der Waals surface area contributed by atoms with Gasteiger partial charge in [0.2, 0.25) is 17.5 Å². The minimum atomic E-state index is -0.810. The number of oxazole rings is 1. The minimum absolute atomic E-state index is 0.0345. The molecule has 0 aliphatic heterocycles. The number of carbonyl (C=O) groups excluding carboxylic acids is 3. The van der Waals surface area contributed by atoms with Gasteiger partial charge in [-0.3, -0.25) is 14.7 Å². The van der Waals surface area contributed by atoms with Gasteiger partial charge in [-0.2, -0.15) is 5.10 Å². The standard InChI is InChI=1S/C26H30N6O5/c1-13(2)19(26(35)36-3)28-23(33)18-12-27-25(37-18)17-6-4-5-16(11-17)21-30-22(32-31-21)24(34)29-20(14-7-8-14)15-9-10-15/h4-6,11-15,19-20H,7-10H2,1-3H3,(H,28,33)(H,29,34)(H,30,31,32)/t19-/m0/s1. The average molecular weight is 507 g/mol. The number of nitrogens with zero attached hydrogens (tertiary/aromatic N) is 3. The van der Waals surface area contributed by atoms with Gasteiger partial charge in [-0.15, -0.1) is 0 Å². The van der Waals surface area contributed by atoms with Crippen LogP contribution in [0.5, 0.6) is 0 Å². The third kappa shape index (κ3) is 5.55. The Kier molecular flexibility index (Phi) is 6.77. The lowest BCUT2D eigenvalue weighted by Gasteiger charge is -2.18. The number of benzene rings is 1. The molecule has 2 aliphatic carbocycles. The fourth-order valence-electron chi connectivity index (χ4n) is 4.38. The van der Waals surface area contributed by atoms with Crippen molar-refractivity contribution in [1.29, 1.82) is 0 Å². The second-order valence-electron chi connectivity index (χ2n) is 10.0. The maximum Gasteiger partial charge on any atom is 0.328 e. The number of amides is 2. The molecule has 2 saturated carbocycles. The van der Waals surface area contributed by atoms with Crippen LogP contribution in [-0.4, -0.2) is 57.1 Å². The first kappa shape index (κ1) is 24.7. The summed E-state index contributed by atoms with van der Waals surface area (Å²) in [6, 6.07) is 6.55. The SMILES string of the molecule is COC(=O)[C@@H](NC(=O)c1cnc(-c2cccc(-c3n[nH]c(C(=O)NC(C4CC4)C4CC4)n3)c2)o1)C(C)C. The highest BCUT2D eigenvalue weighted by Gasteiger charge is 2.42. The van der Waals surface area contributed by atoms with Gasteiger partial charge >= 0.3 is 5.97 Å². The molecule has 2 aromatic heterocycles. The summed E-state index contributed by atoms with van der Waals surface area (Å²) in [5, 5.41) is 12.7.